The minimum atomic E-state index is -0.485. The molecule has 1 aliphatic rings. The molecule has 1 aliphatic heterocycles. The molecule has 1 atom stereocenters. The predicted octanol–water partition coefficient (Wildman–Crippen LogP) is 4.31. The minimum Gasteiger partial charge on any atom is -0.369 e. The molecule has 150 valence electrons. The van der Waals surface area contributed by atoms with Crippen LogP contribution in [0.5, 0.6) is 0 Å². The number of carbonyl (C=O) groups excluding carboxylic acids is 1. The molecule has 0 aliphatic carbocycles. The van der Waals surface area contributed by atoms with Crippen molar-refractivity contribution in [2.75, 3.05) is 23.3 Å². The Morgan fingerprint density at radius 3 is 2.66 bits per heavy atom. The van der Waals surface area contributed by atoms with Crippen LogP contribution in [0.1, 0.15) is 37.0 Å². The molecule has 1 N–H and O–H groups in total. The van der Waals surface area contributed by atoms with Gasteiger partial charge in [0.15, 0.2) is 11.3 Å². The van der Waals surface area contributed by atoms with Crippen molar-refractivity contribution >= 4 is 39.6 Å². The van der Waals surface area contributed by atoms with Crippen LogP contribution in [0, 0.1) is 16.0 Å². The van der Waals surface area contributed by atoms with Crippen LogP contribution in [0.25, 0.3) is 11.0 Å². The fourth-order valence-corrected chi connectivity index (χ4v) is 3.79. The number of anilines is 3. The van der Waals surface area contributed by atoms with Crippen LogP contribution in [0.2, 0.25) is 0 Å². The molecule has 2 heterocycles. The first-order chi connectivity index (χ1) is 13.9. The maximum Gasteiger partial charge on any atom is 0.324 e. The molecule has 9 nitrogen and oxygen atoms in total. The van der Waals surface area contributed by atoms with E-state index >= 15 is 0 Å². The van der Waals surface area contributed by atoms with Crippen LogP contribution in [0.3, 0.4) is 0 Å². The van der Waals surface area contributed by atoms with Crippen LogP contribution in [-0.2, 0) is 0 Å². The van der Waals surface area contributed by atoms with E-state index in [9.17, 15) is 14.9 Å². The quantitative estimate of drug-likeness (QED) is 0.386. The average molecular weight is 395 g/mol. The second kappa shape index (κ2) is 7.50. The Kier molecular flexibility index (Phi) is 4.87. The first-order valence-electron chi connectivity index (χ1n) is 9.50. The molecule has 2 aromatic carbocycles. The summed E-state index contributed by atoms with van der Waals surface area (Å²) in [7, 11) is 0. The highest BCUT2D eigenvalue weighted by Gasteiger charge is 2.29. The molecule has 0 unspecified atom stereocenters. The Labute approximate surface area is 166 Å². The summed E-state index contributed by atoms with van der Waals surface area (Å²) in [6, 6.07) is 8.53. The van der Waals surface area contributed by atoms with E-state index in [-0.39, 0.29) is 17.0 Å². The molecule has 1 saturated heterocycles. The number of hydrogen-bond acceptors (Lipinski definition) is 8. The lowest BCUT2D eigenvalue weighted by atomic mass is 9.99. The van der Waals surface area contributed by atoms with E-state index in [4.69, 9.17) is 4.63 Å². The standard InChI is InChI=1S/C20H21N5O4/c1-12-4-3-9-24(11-12)17-10-16(20(25(27)28)19-18(17)22-29-23-19)21-15-7-5-14(6-8-15)13(2)26/h5-8,10,12,21H,3-4,9,11H2,1-2H3/t12-/m0/s1. The van der Waals surface area contributed by atoms with Crippen molar-refractivity contribution < 1.29 is 14.3 Å². The summed E-state index contributed by atoms with van der Waals surface area (Å²) in [4.78, 5) is 25.0. The lowest BCUT2D eigenvalue weighted by Crippen LogP contribution is -2.34. The van der Waals surface area contributed by atoms with E-state index in [0.29, 0.717) is 28.4 Å². The molecule has 1 fully saturated rings. The van der Waals surface area contributed by atoms with Crippen molar-refractivity contribution in [2.24, 2.45) is 5.92 Å². The van der Waals surface area contributed by atoms with Crippen LogP contribution < -0.4 is 10.2 Å². The van der Waals surface area contributed by atoms with Gasteiger partial charge in [0.05, 0.1) is 10.6 Å². The van der Waals surface area contributed by atoms with Crippen molar-refractivity contribution in [3.05, 3.63) is 46.0 Å². The highest BCUT2D eigenvalue weighted by Crippen LogP contribution is 2.40. The Balaban J connectivity index is 1.80. The van der Waals surface area contributed by atoms with E-state index in [1.807, 2.05) is 0 Å². The lowest BCUT2D eigenvalue weighted by Gasteiger charge is -2.32. The number of nitro groups is 1. The van der Waals surface area contributed by atoms with Crippen LogP contribution >= 0.6 is 0 Å². The van der Waals surface area contributed by atoms with Gasteiger partial charge in [-0.05, 0) is 66.3 Å². The number of nitrogens with zero attached hydrogens (tertiary/aromatic N) is 4. The maximum atomic E-state index is 11.8. The molecule has 0 saturated carbocycles. The normalized spacial score (nSPS) is 16.8. The summed E-state index contributed by atoms with van der Waals surface area (Å²) in [5.41, 5.74) is 2.60. The van der Waals surface area contributed by atoms with E-state index in [1.165, 1.54) is 6.92 Å². The Hall–Kier alpha value is -3.49. The summed E-state index contributed by atoms with van der Waals surface area (Å²) in [6.07, 6.45) is 2.19. The van der Waals surface area contributed by atoms with Gasteiger partial charge < -0.3 is 10.2 Å². The number of fused-ring (bicyclic) bond motifs is 1. The fraction of sp³-hybridized carbons (Fsp3) is 0.350. The van der Waals surface area contributed by atoms with Crippen molar-refractivity contribution in [2.45, 2.75) is 26.7 Å². The van der Waals surface area contributed by atoms with Crippen LogP contribution in [0.15, 0.2) is 35.0 Å². The van der Waals surface area contributed by atoms with Crippen LogP contribution in [0.4, 0.5) is 22.7 Å². The van der Waals surface area contributed by atoms with Gasteiger partial charge in [-0.15, -0.1) is 0 Å². The van der Waals surface area contributed by atoms with Crippen molar-refractivity contribution in [3.8, 4) is 0 Å². The zero-order valence-electron chi connectivity index (χ0n) is 16.2. The summed E-state index contributed by atoms with van der Waals surface area (Å²) in [5.74, 6) is 0.475. The number of nitrogens with one attached hydrogen (secondary N) is 1. The predicted molar refractivity (Wildman–Crippen MR) is 109 cm³/mol. The topological polar surface area (TPSA) is 114 Å². The minimum absolute atomic E-state index is 0.0425. The molecule has 29 heavy (non-hydrogen) atoms. The number of ketones is 1. The molecule has 9 heteroatoms. The number of Topliss-reactive ketones (excluding diaryl/α,β-unsaturated/α-hetero) is 1. The number of benzene rings is 2. The van der Waals surface area contributed by atoms with Gasteiger partial charge in [0.25, 0.3) is 0 Å². The highest BCUT2D eigenvalue weighted by atomic mass is 16.6. The molecule has 1 aromatic heterocycles. The van der Waals surface area contributed by atoms with Gasteiger partial charge in [0, 0.05) is 24.3 Å². The molecule has 0 bridgehead atoms. The van der Waals surface area contributed by atoms with E-state index in [1.54, 1.807) is 30.3 Å². The van der Waals surface area contributed by atoms with Gasteiger partial charge in [-0.25, -0.2) is 4.63 Å². The lowest BCUT2D eigenvalue weighted by molar-refractivity contribution is -0.382. The van der Waals surface area contributed by atoms with E-state index in [0.717, 1.165) is 31.6 Å². The van der Waals surface area contributed by atoms with Crippen molar-refractivity contribution in [3.63, 3.8) is 0 Å². The number of hydrogen-bond donors (Lipinski definition) is 1. The third kappa shape index (κ3) is 3.63. The van der Waals surface area contributed by atoms with Gasteiger partial charge in [-0.1, -0.05) is 6.92 Å². The van der Waals surface area contributed by atoms with Crippen molar-refractivity contribution in [1.29, 1.82) is 0 Å². The van der Waals surface area contributed by atoms with Gasteiger partial charge in [0.2, 0.25) is 5.52 Å². The molecule has 0 radical (unpaired) electrons. The maximum absolute atomic E-state index is 11.8. The van der Waals surface area contributed by atoms with Crippen molar-refractivity contribution in [1.82, 2.24) is 10.3 Å². The number of rotatable bonds is 5. The molecule has 3 aromatic rings. The van der Waals surface area contributed by atoms with Gasteiger partial charge in [-0.3, -0.25) is 14.9 Å². The Morgan fingerprint density at radius 2 is 2.00 bits per heavy atom. The summed E-state index contributed by atoms with van der Waals surface area (Å²) >= 11 is 0. The van der Waals surface area contributed by atoms with E-state index in [2.05, 4.69) is 27.5 Å². The Bertz CT molecular complexity index is 1080. The van der Waals surface area contributed by atoms with Gasteiger partial charge >= 0.3 is 5.69 Å². The molecule has 0 amide bonds. The summed E-state index contributed by atoms with van der Waals surface area (Å²) in [6.45, 7) is 5.36. The van der Waals surface area contributed by atoms with Gasteiger partial charge in [0.1, 0.15) is 5.69 Å². The molecular weight excluding hydrogens is 374 g/mol. The summed E-state index contributed by atoms with van der Waals surface area (Å²) < 4.78 is 4.86. The zero-order chi connectivity index (χ0) is 20.5. The highest BCUT2D eigenvalue weighted by molar-refractivity contribution is 6.00. The largest absolute Gasteiger partial charge is 0.369 e. The smallest absolute Gasteiger partial charge is 0.324 e. The van der Waals surface area contributed by atoms with Gasteiger partial charge in [-0.2, -0.15) is 0 Å². The average Bonchev–Trinajstić information content (AvgIpc) is 3.16. The summed E-state index contributed by atoms with van der Waals surface area (Å²) in [5, 5.41) is 22.7. The first-order valence-corrected chi connectivity index (χ1v) is 9.50. The number of piperidine rings is 1. The molecule has 4 rings (SSSR count). The fourth-order valence-electron chi connectivity index (χ4n) is 3.79. The third-order valence-corrected chi connectivity index (χ3v) is 5.24. The number of aromatic nitrogens is 2. The third-order valence-electron chi connectivity index (χ3n) is 5.24. The number of nitro benzene ring substituents is 1. The SMILES string of the molecule is CC(=O)c1ccc(Nc2cc(N3CCC[C@H](C)C3)c3nonc3c2[N+](=O)[O-])cc1. The zero-order valence-corrected chi connectivity index (χ0v) is 16.2. The molecule has 0 spiro atoms. The second-order valence-electron chi connectivity index (χ2n) is 7.46. The second-order valence-corrected chi connectivity index (χ2v) is 7.46. The first kappa shape index (κ1) is 18.9. The molecular formula is C20H21N5O4. The van der Waals surface area contributed by atoms with E-state index < -0.39 is 4.92 Å². The van der Waals surface area contributed by atoms with Crippen LogP contribution in [-0.4, -0.2) is 34.1 Å². The number of carbonyl (C=O) groups is 1. The Morgan fingerprint density at radius 1 is 1.28 bits per heavy atom. The monoisotopic (exact) mass is 395 g/mol.